The summed E-state index contributed by atoms with van der Waals surface area (Å²) in [4.78, 5) is 12.6. The molecule has 1 aromatic heterocycles. The van der Waals surface area contributed by atoms with Crippen LogP contribution < -0.4 is 10.2 Å². The fraction of sp³-hybridized carbons (Fsp3) is 0.0645. The normalized spacial score (nSPS) is 15.6. The molecule has 0 spiro atoms. The van der Waals surface area contributed by atoms with Gasteiger partial charge in [0.2, 0.25) is 0 Å². The Labute approximate surface area is 229 Å². The molecular weight excluding hydrogens is 536 g/mol. The van der Waals surface area contributed by atoms with Gasteiger partial charge >= 0.3 is 0 Å². The number of hydrogen-bond donors (Lipinski definition) is 1. The molecule has 5 aromatic rings. The summed E-state index contributed by atoms with van der Waals surface area (Å²) in [6.07, 6.45) is 0. The number of para-hydroxylation sites is 4. The molecule has 1 N–H and O–H groups in total. The Morgan fingerprint density at radius 3 is 2.21 bits per heavy atom. The van der Waals surface area contributed by atoms with E-state index in [2.05, 4.69) is 81.6 Å². The number of halogens is 1. The van der Waals surface area contributed by atoms with Gasteiger partial charge in [0.1, 0.15) is 0 Å². The molecule has 0 amide bonds. The highest BCUT2D eigenvalue weighted by Gasteiger charge is 2.41. The molecule has 1 atom stereocenters. The Bertz CT molecular complexity index is 1710. The highest BCUT2D eigenvalue weighted by molar-refractivity contribution is 9.10. The Kier molecular flexibility index (Phi) is 5.44. The summed E-state index contributed by atoms with van der Waals surface area (Å²) in [5.74, 6) is 2.26. The number of rotatable bonds is 3. The van der Waals surface area contributed by atoms with Crippen molar-refractivity contribution in [1.82, 2.24) is 9.78 Å². The monoisotopic (exact) mass is 558 g/mol. The zero-order valence-corrected chi connectivity index (χ0v) is 22.2. The SMILES string of the molecule is Cc1nn(-c2ccccc2)c2c1C(c1ccc(Br)cc1)N1C(=N2)C(Nc2ccccc2)=Nc2ccccc21. The number of benzene rings is 4. The molecular formula is C31H23BrN6. The lowest BCUT2D eigenvalue weighted by Crippen LogP contribution is -2.46. The molecule has 7 heteroatoms. The minimum atomic E-state index is -0.146. The molecule has 2 aliphatic heterocycles. The lowest BCUT2D eigenvalue weighted by Gasteiger charge is -2.40. The van der Waals surface area contributed by atoms with Crippen molar-refractivity contribution in [3.8, 4) is 5.69 Å². The summed E-state index contributed by atoms with van der Waals surface area (Å²) >= 11 is 3.61. The molecule has 0 saturated carbocycles. The molecule has 184 valence electrons. The number of amidine groups is 2. The maximum Gasteiger partial charge on any atom is 0.179 e. The zero-order valence-electron chi connectivity index (χ0n) is 20.6. The first-order valence-corrected chi connectivity index (χ1v) is 13.3. The largest absolute Gasteiger partial charge is 0.337 e. The second-order valence-corrected chi connectivity index (χ2v) is 10.2. The molecule has 7 rings (SSSR count). The molecule has 2 aliphatic rings. The van der Waals surface area contributed by atoms with E-state index >= 15 is 0 Å². The lowest BCUT2D eigenvalue weighted by atomic mass is 9.93. The van der Waals surface area contributed by atoms with Crippen LogP contribution in [0.15, 0.2) is 124 Å². The number of nitrogens with zero attached hydrogens (tertiary/aromatic N) is 5. The number of nitrogens with one attached hydrogen (secondary N) is 1. The van der Waals surface area contributed by atoms with Crippen LogP contribution in [0.1, 0.15) is 22.9 Å². The van der Waals surface area contributed by atoms with Crippen LogP contribution in [0, 0.1) is 6.92 Å². The molecule has 38 heavy (non-hydrogen) atoms. The van der Waals surface area contributed by atoms with Crippen LogP contribution >= 0.6 is 15.9 Å². The first-order valence-electron chi connectivity index (χ1n) is 12.5. The molecule has 1 unspecified atom stereocenters. The van der Waals surface area contributed by atoms with Gasteiger partial charge in [-0.3, -0.25) is 0 Å². The third kappa shape index (κ3) is 3.74. The molecule has 0 radical (unpaired) electrons. The second kappa shape index (κ2) is 9.11. The first kappa shape index (κ1) is 22.7. The van der Waals surface area contributed by atoms with Gasteiger partial charge in [0.25, 0.3) is 0 Å². The smallest absolute Gasteiger partial charge is 0.179 e. The van der Waals surface area contributed by atoms with E-state index in [1.807, 2.05) is 65.3 Å². The minimum Gasteiger partial charge on any atom is -0.337 e. The van der Waals surface area contributed by atoms with Crippen LogP contribution in [0.5, 0.6) is 0 Å². The quantitative estimate of drug-likeness (QED) is 0.246. The Hall–Kier alpha value is -4.49. The lowest BCUT2D eigenvalue weighted by molar-refractivity contribution is 0.815. The van der Waals surface area contributed by atoms with Gasteiger partial charge in [-0.15, -0.1) is 0 Å². The van der Waals surface area contributed by atoms with Crippen molar-refractivity contribution in [1.29, 1.82) is 0 Å². The number of aryl methyl sites for hydroxylation is 1. The summed E-state index contributed by atoms with van der Waals surface area (Å²) < 4.78 is 2.98. The fourth-order valence-corrected chi connectivity index (χ4v) is 5.43. The van der Waals surface area contributed by atoms with Crippen LogP contribution in [-0.2, 0) is 0 Å². The van der Waals surface area contributed by atoms with Crippen LogP contribution in [0.25, 0.3) is 5.69 Å². The third-order valence-electron chi connectivity index (χ3n) is 6.86. The molecule has 0 aliphatic carbocycles. The van der Waals surface area contributed by atoms with Crippen molar-refractivity contribution in [2.75, 3.05) is 10.2 Å². The van der Waals surface area contributed by atoms with Gasteiger partial charge in [-0.05, 0) is 61.0 Å². The number of fused-ring (bicyclic) bond motifs is 4. The Morgan fingerprint density at radius 2 is 1.45 bits per heavy atom. The van der Waals surface area contributed by atoms with Gasteiger partial charge in [0.15, 0.2) is 17.5 Å². The fourth-order valence-electron chi connectivity index (χ4n) is 5.17. The number of aromatic nitrogens is 2. The molecule has 0 fully saturated rings. The summed E-state index contributed by atoms with van der Waals surface area (Å²) in [5.41, 5.74) is 6.99. The Balaban J connectivity index is 1.51. The van der Waals surface area contributed by atoms with E-state index in [9.17, 15) is 0 Å². The second-order valence-electron chi connectivity index (χ2n) is 9.27. The molecule has 0 saturated heterocycles. The van der Waals surface area contributed by atoms with E-state index in [0.717, 1.165) is 55.7 Å². The van der Waals surface area contributed by atoms with Crippen LogP contribution in [0.2, 0.25) is 0 Å². The van der Waals surface area contributed by atoms with Gasteiger partial charge in [-0.1, -0.05) is 76.6 Å². The van der Waals surface area contributed by atoms with Crippen LogP contribution in [-0.4, -0.2) is 21.5 Å². The van der Waals surface area contributed by atoms with Crippen LogP contribution in [0.4, 0.5) is 22.9 Å². The summed E-state index contributed by atoms with van der Waals surface area (Å²) in [6, 6.07) is 36.9. The van der Waals surface area contributed by atoms with Crippen molar-refractivity contribution < 1.29 is 0 Å². The topological polar surface area (TPSA) is 57.8 Å². The maximum atomic E-state index is 5.27. The molecule has 6 nitrogen and oxygen atoms in total. The van der Waals surface area contributed by atoms with E-state index in [1.54, 1.807) is 0 Å². The number of aliphatic imine (C=N–C) groups is 2. The molecule has 0 bridgehead atoms. The van der Waals surface area contributed by atoms with Gasteiger partial charge < -0.3 is 10.2 Å². The highest BCUT2D eigenvalue weighted by Crippen LogP contribution is 2.48. The zero-order chi connectivity index (χ0) is 25.6. The maximum absolute atomic E-state index is 5.27. The third-order valence-corrected chi connectivity index (χ3v) is 7.39. The predicted octanol–water partition coefficient (Wildman–Crippen LogP) is 7.74. The van der Waals surface area contributed by atoms with Gasteiger partial charge in [-0.2, -0.15) is 5.10 Å². The van der Waals surface area contributed by atoms with E-state index in [1.165, 1.54) is 0 Å². The highest BCUT2D eigenvalue weighted by atomic mass is 79.9. The van der Waals surface area contributed by atoms with E-state index < -0.39 is 0 Å². The first-order chi connectivity index (χ1) is 18.7. The molecule has 3 heterocycles. The van der Waals surface area contributed by atoms with E-state index in [0.29, 0.717) is 5.84 Å². The number of hydrogen-bond acceptors (Lipinski definition) is 5. The average Bonchev–Trinajstić information content (AvgIpc) is 3.29. The van der Waals surface area contributed by atoms with Crippen LogP contribution in [0.3, 0.4) is 0 Å². The summed E-state index contributed by atoms with van der Waals surface area (Å²) in [7, 11) is 0. The van der Waals surface area contributed by atoms with E-state index in [4.69, 9.17) is 15.1 Å². The standard InChI is InChI=1S/C31H23BrN6/c1-20-27-28(21-16-18-22(32)19-17-21)37-26-15-9-8-14-25(26)34-29(33-23-10-4-2-5-11-23)31(37)35-30(27)38(36-20)24-12-6-3-7-13-24/h2-19,28H,1H3,(H,33,34). The van der Waals surface area contributed by atoms with Crippen molar-refractivity contribution in [3.05, 3.63) is 130 Å². The van der Waals surface area contributed by atoms with Crippen molar-refractivity contribution in [2.24, 2.45) is 9.98 Å². The number of anilines is 2. The van der Waals surface area contributed by atoms with Gasteiger partial charge in [0, 0.05) is 15.7 Å². The van der Waals surface area contributed by atoms with Crippen molar-refractivity contribution >= 4 is 50.5 Å². The minimum absolute atomic E-state index is 0.146. The average molecular weight is 559 g/mol. The summed E-state index contributed by atoms with van der Waals surface area (Å²) in [6.45, 7) is 2.07. The Morgan fingerprint density at radius 1 is 0.763 bits per heavy atom. The van der Waals surface area contributed by atoms with Crippen molar-refractivity contribution in [2.45, 2.75) is 13.0 Å². The molecule has 4 aromatic carbocycles. The van der Waals surface area contributed by atoms with Crippen molar-refractivity contribution in [3.63, 3.8) is 0 Å². The van der Waals surface area contributed by atoms with E-state index in [-0.39, 0.29) is 6.04 Å². The predicted molar refractivity (Wildman–Crippen MR) is 157 cm³/mol. The van der Waals surface area contributed by atoms with Gasteiger partial charge in [-0.25, -0.2) is 14.7 Å². The summed E-state index contributed by atoms with van der Waals surface area (Å²) in [5, 5.41) is 8.53. The van der Waals surface area contributed by atoms with Gasteiger partial charge in [0.05, 0.1) is 28.8 Å².